The largest absolute Gasteiger partial charge is 0.354 e. The molecule has 0 heterocycles. The molecule has 0 aromatic heterocycles. The highest BCUT2D eigenvalue weighted by Crippen LogP contribution is 2.08. The van der Waals surface area contributed by atoms with Crippen LogP contribution in [0.15, 0.2) is 0 Å². The molecule has 0 fully saturated rings. The Hall–Kier alpha value is -0.570. The first-order chi connectivity index (χ1) is 7.85. The fraction of sp³-hybridized carbons (Fsp3) is 0.929. The first-order valence-electron chi connectivity index (χ1n) is 6.93. The Kier molecular flexibility index (Phi) is 8.23. The number of carbonyl (C=O) groups is 1. The molecular formula is C14H30N2O. The second-order valence-corrected chi connectivity index (χ2v) is 5.81. The van der Waals surface area contributed by atoms with Crippen molar-refractivity contribution in [1.29, 1.82) is 0 Å². The molecule has 0 aliphatic rings. The van der Waals surface area contributed by atoms with E-state index in [4.69, 9.17) is 5.73 Å². The van der Waals surface area contributed by atoms with Crippen LogP contribution >= 0.6 is 0 Å². The third-order valence-electron chi connectivity index (χ3n) is 2.89. The van der Waals surface area contributed by atoms with Crippen molar-refractivity contribution in [3.05, 3.63) is 0 Å². The van der Waals surface area contributed by atoms with Crippen molar-refractivity contribution in [2.24, 2.45) is 5.73 Å². The maximum absolute atomic E-state index is 11.6. The summed E-state index contributed by atoms with van der Waals surface area (Å²) >= 11 is 0. The van der Waals surface area contributed by atoms with Crippen molar-refractivity contribution in [3.8, 4) is 0 Å². The number of nitrogens with one attached hydrogen (secondary N) is 1. The van der Waals surface area contributed by atoms with Gasteiger partial charge in [-0.3, -0.25) is 4.79 Å². The second-order valence-electron chi connectivity index (χ2n) is 5.81. The summed E-state index contributed by atoms with van der Waals surface area (Å²) in [5.74, 6) is 0.131. The zero-order valence-corrected chi connectivity index (χ0v) is 12.0. The highest BCUT2D eigenvalue weighted by Gasteiger charge is 2.14. The number of unbranched alkanes of at least 4 members (excludes halogenated alkanes) is 3. The number of hydrogen-bond donors (Lipinski definition) is 2. The molecular weight excluding hydrogens is 212 g/mol. The van der Waals surface area contributed by atoms with Gasteiger partial charge in [0.1, 0.15) is 0 Å². The Labute approximate surface area is 107 Å². The van der Waals surface area contributed by atoms with Crippen molar-refractivity contribution < 1.29 is 4.79 Å². The van der Waals surface area contributed by atoms with Crippen molar-refractivity contribution in [2.45, 2.75) is 84.2 Å². The first-order valence-corrected chi connectivity index (χ1v) is 6.93. The molecule has 0 aliphatic carbocycles. The lowest BCUT2D eigenvalue weighted by Gasteiger charge is -2.19. The molecule has 102 valence electrons. The molecule has 0 spiro atoms. The van der Waals surface area contributed by atoms with Gasteiger partial charge in [-0.05, 0) is 33.6 Å². The van der Waals surface area contributed by atoms with Crippen LogP contribution in [0.2, 0.25) is 0 Å². The number of amides is 1. The van der Waals surface area contributed by atoms with Gasteiger partial charge < -0.3 is 11.1 Å². The maximum atomic E-state index is 11.6. The molecule has 17 heavy (non-hydrogen) atoms. The lowest BCUT2D eigenvalue weighted by Crippen LogP contribution is -2.37. The van der Waals surface area contributed by atoms with Gasteiger partial charge in [0, 0.05) is 18.0 Å². The van der Waals surface area contributed by atoms with E-state index < -0.39 is 0 Å². The van der Waals surface area contributed by atoms with E-state index in [9.17, 15) is 4.79 Å². The zero-order valence-electron chi connectivity index (χ0n) is 12.0. The Bertz CT molecular complexity index is 209. The lowest BCUT2D eigenvalue weighted by molar-refractivity contribution is -0.122. The minimum atomic E-state index is -0.248. The Morgan fingerprint density at radius 2 is 1.94 bits per heavy atom. The van der Waals surface area contributed by atoms with Crippen molar-refractivity contribution in [3.63, 3.8) is 0 Å². The Balaban J connectivity index is 3.59. The molecule has 0 aromatic rings. The van der Waals surface area contributed by atoms with Gasteiger partial charge >= 0.3 is 0 Å². The topological polar surface area (TPSA) is 55.1 Å². The highest BCUT2D eigenvalue weighted by molar-refractivity contribution is 5.76. The summed E-state index contributed by atoms with van der Waals surface area (Å²) in [5, 5.41) is 3.03. The minimum absolute atomic E-state index is 0.131. The summed E-state index contributed by atoms with van der Waals surface area (Å²) in [6, 6.07) is 0.292. The van der Waals surface area contributed by atoms with Crippen molar-refractivity contribution >= 4 is 5.91 Å². The van der Waals surface area contributed by atoms with Crippen LogP contribution in [0, 0.1) is 0 Å². The van der Waals surface area contributed by atoms with Gasteiger partial charge in [0.2, 0.25) is 5.91 Å². The van der Waals surface area contributed by atoms with Gasteiger partial charge in [-0.2, -0.15) is 0 Å². The first kappa shape index (κ1) is 16.4. The quantitative estimate of drug-likeness (QED) is 0.611. The van der Waals surface area contributed by atoms with Crippen molar-refractivity contribution in [1.82, 2.24) is 5.32 Å². The van der Waals surface area contributed by atoms with Crippen molar-refractivity contribution in [2.75, 3.05) is 0 Å². The Morgan fingerprint density at radius 1 is 1.29 bits per heavy atom. The predicted molar refractivity (Wildman–Crippen MR) is 73.9 cm³/mol. The van der Waals surface area contributed by atoms with E-state index >= 15 is 0 Å². The third kappa shape index (κ3) is 11.7. The van der Waals surface area contributed by atoms with Gasteiger partial charge in [0.15, 0.2) is 0 Å². The molecule has 0 bridgehead atoms. The van der Waals surface area contributed by atoms with Gasteiger partial charge in [0.25, 0.3) is 0 Å². The highest BCUT2D eigenvalue weighted by atomic mass is 16.1. The maximum Gasteiger partial charge on any atom is 0.220 e. The molecule has 1 atom stereocenters. The Morgan fingerprint density at radius 3 is 2.47 bits per heavy atom. The molecule has 0 radical (unpaired) electrons. The van der Waals surface area contributed by atoms with Crippen LogP contribution in [0.4, 0.5) is 0 Å². The molecule has 0 saturated carbocycles. The van der Waals surface area contributed by atoms with E-state index in [2.05, 4.69) is 19.2 Å². The number of carbonyl (C=O) groups excluding carboxylic acids is 1. The summed E-state index contributed by atoms with van der Waals surface area (Å²) < 4.78 is 0. The van der Waals surface area contributed by atoms with Crippen LogP contribution in [0.3, 0.4) is 0 Å². The summed E-state index contributed by atoms with van der Waals surface area (Å²) in [4.78, 5) is 11.6. The zero-order chi connectivity index (χ0) is 13.3. The predicted octanol–water partition coefficient (Wildman–Crippen LogP) is 2.98. The molecule has 3 nitrogen and oxygen atoms in total. The third-order valence-corrected chi connectivity index (χ3v) is 2.89. The molecule has 3 N–H and O–H groups in total. The van der Waals surface area contributed by atoms with E-state index in [1.807, 2.05) is 13.8 Å². The summed E-state index contributed by atoms with van der Waals surface area (Å²) in [6.45, 7) is 8.19. The van der Waals surface area contributed by atoms with E-state index in [1.165, 1.54) is 25.7 Å². The summed E-state index contributed by atoms with van der Waals surface area (Å²) in [6.07, 6.45) is 7.38. The number of nitrogens with two attached hydrogens (primary N) is 1. The van der Waals surface area contributed by atoms with E-state index in [1.54, 1.807) is 0 Å². The molecule has 1 unspecified atom stereocenters. The van der Waals surface area contributed by atoms with E-state index in [-0.39, 0.29) is 11.4 Å². The molecule has 0 rings (SSSR count). The van der Waals surface area contributed by atoms with Gasteiger partial charge in [-0.15, -0.1) is 0 Å². The van der Waals surface area contributed by atoms with Crippen LogP contribution < -0.4 is 11.1 Å². The molecule has 0 aliphatic heterocycles. The number of rotatable bonds is 9. The van der Waals surface area contributed by atoms with Crippen LogP contribution in [-0.4, -0.2) is 17.5 Å². The van der Waals surface area contributed by atoms with Crippen LogP contribution in [0.1, 0.15) is 72.6 Å². The smallest absolute Gasteiger partial charge is 0.220 e. The fourth-order valence-corrected chi connectivity index (χ4v) is 1.73. The normalized spacial score (nSPS) is 13.5. The van der Waals surface area contributed by atoms with Gasteiger partial charge in [-0.1, -0.05) is 32.6 Å². The molecule has 0 saturated heterocycles. The van der Waals surface area contributed by atoms with Crippen LogP contribution in [-0.2, 0) is 4.79 Å². The molecule has 1 amide bonds. The van der Waals surface area contributed by atoms with E-state index in [0.717, 1.165) is 12.8 Å². The minimum Gasteiger partial charge on any atom is -0.354 e. The number of hydrogen-bond acceptors (Lipinski definition) is 2. The monoisotopic (exact) mass is 242 g/mol. The van der Waals surface area contributed by atoms with Gasteiger partial charge in [-0.25, -0.2) is 0 Å². The van der Waals surface area contributed by atoms with Crippen LogP contribution in [0.25, 0.3) is 0 Å². The fourth-order valence-electron chi connectivity index (χ4n) is 1.73. The lowest BCUT2D eigenvalue weighted by atomic mass is 9.99. The summed E-state index contributed by atoms with van der Waals surface area (Å²) in [5.41, 5.74) is 5.60. The standard InChI is InChI=1S/C14H30N2O/c1-5-6-7-8-9-12(2)16-13(17)10-11-14(3,4)15/h12H,5-11,15H2,1-4H3,(H,16,17). The average Bonchev–Trinajstić information content (AvgIpc) is 2.21. The average molecular weight is 242 g/mol. The molecule has 0 aromatic carbocycles. The summed E-state index contributed by atoms with van der Waals surface area (Å²) in [7, 11) is 0. The van der Waals surface area contributed by atoms with Gasteiger partial charge in [0.05, 0.1) is 0 Å². The second kappa shape index (κ2) is 8.51. The van der Waals surface area contributed by atoms with Crippen LogP contribution in [0.5, 0.6) is 0 Å². The molecule has 3 heteroatoms. The SMILES string of the molecule is CCCCCCC(C)NC(=O)CCC(C)(C)N. The van der Waals surface area contributed by atoms with E-state index in [0.29, 0.717) is 12.5 Å².